The molecule has 0 fully saturated rings. The van der Waals surface area contributed by atoms with Gasteiger partial charge in [0.25, 0.3) is 0 Å². The molecule has 0 aliphatic heterocycles. The standard InChI is InChI=1S/C14H10F4O/c1-19-13-10(9-5-2-3-8-12(9)15)6-4-7-11(13)14(16,17)18/h2-8H,1H3. The van der Waals surface area contributed by atoms with Gasteiger partial charge < -0.3 is 4.74 Å². The van der Waals surface area contributed by atoms with Gasteiger partial charge in [-0.2, -0.15) is 13.2 Å². The van der Waals surface area contributed by atoms with Crippen molar-refractivity contribution in [2.45, 2.75) is 6.18 Å². The fourth-order valence-corrected chi connectivity index (χ4v) is 1.87. The lowest BCUT2D eigenvalue weighted by atomic mass is 10.0. The van der Waals surface area contributed by atoms with Gasteiger partial charge in [-0.15, -0.1) is 0 Å². The minimum Gasteiger partial charge on any atom is -0.495 e. The zero-order valence-electron chi connectivity index (χ0n) is 9.96. The highest BCUT2D eigenvalue weighted by Gasteiger charge is 2.35. The second-order valence-electron chi connectivity index (χ2n) is 3.86. The van der Waals surface area contributed by atoms with Gasteiger partial charge in [0.15, 0.2) is 0 Å². The van der Waals surface area contributed by atoms with Crippen LogP contribution in [0.3, 0.4) is 0 Å². The average Bonchev–Trinajstić information content (AvgIpc) is 2.37. The molecule has 1 nitrogen and oxygen atoms in total. The van der Waals surface area contributed by atoms with E-state index in [0.717, 1.165) is 13.2 Å². The van der Waals surface area contributed by atoms with Crippen molar-refractivity contribution in [1.29, 1.82) is 0 Å². The highest BCUT2D eigenvalue weighted by molar-refractivity contribution is 5.73. The number of ether oxygens (including phenoxy) is 1. The molecule has 2 aromatic rings. The number of halogens is 4. The lowest BCUT2D eigenvalue weighted by molar-refractivity contribution is -0.138. The Morgan fingerprint density at radius 1 is 0.895 bits per heavy atom. The summed E-state index contributed by atoms with van der Waals surface area (Å²) in [6.07, 6.45) is -4.55. The molecular formula is C14H10F4O. The van der Waals surface area contributed by atoms with Crippen molar-refractivity contribution in [2.24, 2.45) is 0 Å². The van der Waals surface area contributed by atoms with Gasteiger partial charge in [-0.05, 0) is 12.1 Å². The van der Waals surface area contributed by atoms with Crippen molar-refractivity contribution >= 4 is 0 Å². The minimum absolute atomic E-state index is 0.0745. The van der Waals surface area contributed by atoms with Crippen LogP contribution in [-0.4, -0.2) is 7.11 Å². The summed E-state index contributed by atoms with van der Waals surface area (Å²) in [4.78, 5) is 0. The number of methoxy groups -OCH3 is 1. The van der Waals surface area contributed by atoms with Crippen LogP contribution >= 0.6 is 0 Å². The molecule has 0 heterocycles. The number of benzene rings is 2. The van der Waals surface area contributed by atoms with Crippen LogP contribution in [0.25, 0.3) is 11.1 Å². The van der Waals surface area contributed by atoms with Crippen molar-refractivity contribution in [3.05, 3.63) is 53.8 Å². The summed E-state index contributed by atoms with van der Waals surface area (Å²) in [7, 11) is 1.13. The van der Waals surface area contributed by atoms with E-state index in [4.69, 9.17) is 4.74 Å². The number of hydrogen-bond acceptors (Lipinski definition) is 1. The third-order valence-corrected chi connectivity index (χ3v) is 2.69. The summed E-state index contributed by atoms with van der Waals surface area (Å²) in [5, 5.41) is 0. The first-order valence-corrected chi connectivity index (χ1v) is 5.44. The second kappa shape index (κ2) is 4.91. The maximum absolute atomic E-state index is 13.7. The van der Waals surface area contributed by atoms with Crippen LogP contribution in [0.5, 0.6) is 5.75 Å². The van der Waals surface area contributed by atoms with Crippen LogP contribution in [-0.2, 0) is 6.18 Å². The first-order valence-electron chi connectivity index (χ1n) is 5.44. The van der Waals surface area contributed by atoms with E-state index < -0.39 is 17.6 Å². The van der Waals surface area contributed by atoms with Crippen molar-refractivity contribution in [2.75, 3.05) is 7.11 Å². The van der Waals surface area contributed by atoms with Crippen LogP contribution in [0.1, 0.15) is 5.56 Å². The molecule has 0 N–H and O–H groups in total. The SMILES string of the molecule is COc1c(-c2ccccc2F)cccc1C(F)(F)F. The number of rotatable bonds is 2. The first-order chi connectivity index (χ1) is 8.95. The van der Waals surface area contributed by atoms with Crippen molar-refractivity contribution in [3.63, 3.8) is 0 Å². The zero-order chi connectivity index (χ0) is 14.0. The lowest BCUT2D eigenvalue weighted by Gasteiger charge is -2.16. The average molecular weight is 270 g/mol. The summed E-state index contributed by atoms with van der Waals surface area (Å²) in [5.74, 6) is -0.972. The molecule has 0 amide bonds. The van der Waals surface area contributed by atoms with E-state index in [2.05, 4.69) is 0 Å². The molecular weight excluding hydrogens is 260 g/mol. The van der Waals surface area contributed by atoms with Crippen molar-refractivity contribution in [1.82, 2.24) is 0 Å². The van der Waals surface area contributed by atoms with E-state index in [9.17, 15) is 17.6 Å². The van der Waals surface area contributed by atoms with Crippen LogP contribution < -0.4 is 4.74 Å². The Kier molecular flexibility index (Phi) is 3.46. The first kappa shape index (κ1) is 13.4. The molecule has 100 valence electrons. The van der Waals surface area contributed by atoms with Gasteiger partial charge in [0, 0.05) is 11.1 Å². The van der Waals surface area contributed by atoms with Crippen LogP contribution in [0, 0.1) is 5.82 Å². The third-order valence-electron chi connectivity index (χ3n) is 2.69. The van der Waals surface area contributed by atoms with Gasteiger partial charge in [0.2, 0.25) is 0 Å². The Morgan fingerprint density at radius 2 is 1.53 bits per heavy atom. The Labute approximate surface area is 107 Å². The molecule has 0 saturated carbocycles. The van der Waals surface area contributed by atoms with Gasteiger partial charge in [-0.1, -0.05) is 30.3 Å². The molecule has 0 unspecified atom stereocenters. The van der Waals surface area contributed by atoms with Gasteiger partial charge >= 0.3 is 6.18 Å². The van der Waals surface area contributed by atoms with Crippen LogP contribution in [0.4, 0.5) is 17.6 Å². The van der Waals surface area contributed by atoms with E-state index in [-0.39, 0.29) is 16.9 Å². The van der Waals surface area contributed by atoms with Crippen LogP contribution in [0.2, 0.25) is 0 Å². The van der Waals surface area contributed by atoms with E-state index in [1.54, 1.807) is 6.07 Å². The lowest BCUT2D eigenvalue weighted by Crippen LogP contribution is -2.08. The quantitative estimate of drug-likeness (QED) is 0.729. The number of hydrogen-bond donors (Lipinski definition) is 0. The molecule has 19 heavy (non-hydrogen) atoms. The van der Waals surface area contributed by atoms with E-state index in [0.29, 0.717) is 0 Å². The summed E-state index contributed by atoms with van der Waals surface area (Å²) < 4.78 is 57.1. The van der Waals surface area contributed by atoms with Gasteiger partial charge in [-0.3, -0.25) is 0 Å². The third kappa shape index (κ3) is 2.54. The molecule has 0 aliphatic rings. The molecule has 0 atom stereocenters. The summed E-state index contributed by atoms with van der Waals surface area (Å²) in [6.45, 7) is 0. The molecule has 0 bridgehead atoms. The normalized spacial score (nSPS) is 11.4. The Bertz CT molecular complexity index is 590. The Hall–Kier alpha value is -2.04. The van der Waals surface area contributed by atoms with E-state index in [1.165, 1.54) is 30.3 Å². The zero-order valence-corrected chi connectivity index (χ0v) is 9.96. The molecule has 2 rings (SSSR count). The second-order valence-corrected chi connectivity index (χ2v) is 3.86. The molecule has 5 heteroatoms. The van der Waals surface area contributed by atoms with E-state index in [1.807, 2.05) is 0 Å². The molecule has 0 spiro atoms. The fourth-order valence-electron chi connectivity index (χ4n) is 1.87. The predicted octanol–water partition coefficient (Wildman–Crippen LogP) is 4.52. The maximum atomic E-state index is 13.7. The van der Waals surface area contributed by atoms with Crippen molar-refractivity contribution < 1.29 is 22.3 Å². The molecule has 2 aromatic carbocycles. The number of para-hydroxylation sites is 1. The highest BCUT2D eigenvalue weighted by atomic mass is 19.4. The maximum Gasteiger partial charge on any atom is 0.419 e. The minimum atomic E-state index is -4.55. The smallest absolute Gasteiger partial charge is 0.419 e. The summed E-state index contributed by atoms with van der Waals surface area (Å²) in [5.41, 5.74) is -0.767. The Balaban J connectivity index is 2.69. The fraction of sp³-hybridized carbons (Fsp3) is 0.143. The summed E-state index contributed by atoms with van der Waals surface area (Å²) >= 11 is 0. The predicted molar refractivity (Wildman–Crippen MR) is 63.4 cm³/mol. The Morgan fingerprint density at radius 3 is 2.11 bits per heavy atom. The monoisotopic (exact) mass is 270 g/mol. The molecule has 0 saturated heterocycles. The van der Waals surface area contributed by atoms with Gasteiger partial charge in [0.1, 0.15) is 11.6 Å². The molecule has 0 radical (unpaired) electrons. The highest BCUT2D eigenvalue weighted by Crippen LogP contribution is 2.42. The van der Waals surface area contributed by atoms with Crippen molar-refractivity contribution in [3.8, 4) is 16.9 Å². The summed E-state index contributed by atoms with van der Waals surface area (Å²) in [6, 6.07) is 9.15. The van der Waals surface area contributed by atoms with E-state index >= 15 is 0 Å². The van der Waals surface area contributed by atoms with Gasteiger partial charge in [-0.25, -0.2) is 4.39 Å². The van der Waals surface area contributed by atoms with Crippen LogP contribution in [0.15, 0.2) is 42.5 Å². The number of alkyl halides is 3. The molecule has 0 aromatic heterocycles. The topological polar surface area (TPSA) is 9.23 Å². The van der Waals surface area contributed by atoms with Gasteiger partial charge in [0.05, 0.1) is 12.7 Å². The molecule has 0 aliphatic carbocycles. The largest absolute Gasteiger partial charge is 0.495 e.